The molecule has 1 N–H and O–H groups in total. The molecule has 2 aliphatic heterocycles. The summed E-state index contributed by atoms with van der Waals surface area (Å²) < 4.78 is 0. The first kappa shape index (κ1) is 11.9. The Morgan fingerprint density at radius 3 is 2.69 bits per heavy atom. The Kier molecular flexibility index (Phi) is 4.18. The van der Waals surface area contributed by atoms with Crippen LogP contribution < -0.4 is 5.32 Å². The monoisotopic (exact) mass is 225 g/mol. The molecule has 16 heavy (non-hydrogen) atoms. The first-order valence-electron chi connectivity index (χ1n) is 6.54. The molecule has 0 saturated carbocycles. The van der Waals surface area contributed by atoms with Crippen molar-refractivity contribution in [2.45, 2.75) is 32.2 Å². The van der Waals surface area contributed by atoms with Crippen LogP contribution >= 0.6 is 0 Å². The summed E-state index contributed by atoms with van der Waals surface area (Å²) in [6.07, 6.45) is 2.98. The number of rotatable bonds is 2. The van der Waals surface area contributed by atoms with Crippen LogP contribution in [0.3, 0.4) is 0 Å². The molecule has 2 fully saturated rings. The third-order valence-corrected chi connectivity index (χ3v) is 3.81. The smallest absolute Gasteiger partial charge is 0.224 e. The van der Waals surface area contributed by atoms with Crippen molar-refractivity contribution in [3.8, 4) is 0 Å². The number of carbonyl (C=O) groups excluding carboxylic acids is 1. The van der Waals surface area contributed by atoms with Crippen LogP contribution in [0.15, 0.2) is 0 Å². The zero-order valence-corrected chi connectivity index (χ0v) is 10.2. The Morgan fingerprint density at radius 1 is 1.25 bits per heavy atom. The van der Waals surface area contributed by atoms with Crippen LogP contribution in [-0.4, -0.2) is 61.0 Å². The summed E-state index contributed by atoms with van der Waals surface area (Å²) >= 11 is 0. The first-order chi connectivity index (χ1) is 7.81. The molecule has 1 amide bonds. The predicted octanol–water partition coefficient (Wildman–Crippen LogP) is 0.293. The van der Waals surface area contributed by atoms with Gasteiger partial charge in [-0.3, -0.25) is 4.79 Å². The molecule has 0 unspecified atom stereocenters. The molecule has 0 aromatic heterocycles. The van der Waals surface area contributed by atoms with Gasteiger partial charge in [0.15, 0.2) is 0 Å². The van der Waals surface area contributed by atoms with Crippen molar-refractivity contribution in [1.29, 1.82) is 0 Å². The quantitative estimate of drug-likeness (QED) is 0.734. The van der Waals surface area contributed by atoms with Crippen LogP contribution in [0.25, 0.3) is 0 Å². The summed E-state index contributed by atoms with van der Waals surface area (Å²) in [4.78, 5) is 16.5. The average Bonchev–Trinajstić information content (AvgIpc) is 2.54. The first-order valence-corrected chi connectivity index (χ1v) is 6.54. The Hall–Kier alpha value is -0.610. The molecule has 0 spiro atoms. The topological polar surface area (TPSA) is 35.6 Å². The number of nitrogens with one attached hydrogen (secondary N) is 1. The molecule has 0 radical (unpaired) electrons. The van der Waals surface area contributed by atoms with Gasteiger partial charge in [0.2, 0.25) is 5.91 Å². The van der Waals surface area contributed by atoms with Crippen molar-refractivity contribution in [2.24, 2.45) is 0 Å². The summed E-state index contributed by atoms with van der Waals surface area (Å²) in [5.74, 6) is 0.347. The van der Waals surface area contributed by atoms with E-state index in [1.54, 1.807) is 0 Å². The highest BCUT2D eigenvalue weighted by atomic mass is 16.2. The Morgan fingerprint density at radius 2 is 2.00 bits per heavy atom. The van der Waals surface area contributed by atoms with Gasteiger partial charge >= 0.3 is 0 Å². The molecule has 4 nitrogen and oxygen atoms in total. The van der Waals surface area contributed by atoms with Gasteiger partial charge in [-0.05, 0) is 19.4 Å². The summed E-state index contributed by atoms with van der Waals surface area (Å²) in [6, 6.07) is 0.496. The Labute approximate surface area is 98.0 Å². The van der Waals surface area contributed by atoms with Crippen molar-refractivity contribution in [3.05, 3.63) is 0 Å². The number of hydrogen-bond acceptors (Lipinski definition) is 3. The molecule has 92 valence electrons. The van der Waals surface area contributed by atoms with Gasteiger partial charge in [-0.15, -0.1) is 0 Å². The zero-order valence-electron chi connectivity index (χ0n) is 10.2. The van der Waals surface area contributed by atoms with E-state index in [1.165, 1.54) is 0 Å². The highest BCUT2D eigenvalue weighted by molar-refractivity contribution is 5.77. The molecule has 0 aromatic carbocycles. The molecule has 2 rings (SSSR count). The van der Waals surface area contributed by atoms with Gasteiger partial charge in [-0.1, -0.05) is 6.92 Å². The molecule has 4 heteroatoms. The SMILES string of the molecule is CCN1CCC(N2CCNCCC2=O)CC1. The summed E-state index contributed by atoms with van der Waals surface area (Å²) in [6.45, 7) is 8.36. The fourth-order valence-electron chi connectivity index (χ4n) is 2.72. The van der Waals surface area contributed by atoms with E-state index in [1.807, 2.05) is 0 Å². The third-order valence-electron chi connectivity index (χ3n) is 3.81. The van der Waals surface area contributed by atoms with Crippen LogP contribution in [0.2, 0.25) is 0 Å². The van der Waals surface area contributed by atoms with E-state index in [0.29, 0.717) is 18.4 Å². The maximum atomic E-state index is 11.9. The van der Waals surface area contributed by atoms with E-state index in [0.717, 1.165) is 52.1 Å². The average molecular weight is 225 g/mol. The van der Waals surface area contributed by atoms with Crippen LogP contribution in [0.1, 0.15) is 26.2 Å². The van der Waals surface area contributed by atoms with Gasteiger partial charge in [-0.2, -0.15) is 0 Å². The lowest BCUT2D eigenvalue weighted by atomic mass is 10.0. The van der Waals surface area contributed by atoms with Crippen LogP contribution in [0.5, 0.6) is 0 Å². The molecule has 0 atom stereocenters. The predicted molar refractivity (Wildman–Crippen MR) is 64.3 cm³/mol. The lowest BCUT2D eigenvalue weighted by Gasteiger charge is -2.37. The zero-order chi connectivity index (χ0) is 11.4. The minimum Gasteiger partial charge on any atom is -0.338 e. The van der Waals surface area contributed by atoms with Crippen molar-refractivity contribution in [1.82, 2.24) is 15.1 Å². The number of piperidine rings is 1. The second-order valence-electron chi connectivity index (χ2n) is 4.75. The fraction of sp³-hybridized carbons (Fsp3) is 0.917. The molecule has 2 saturated heterocycles. The van der Waals surface area contributed by atoms with E-state index in [9.17, 15) is 4.79 Å². The van der Waals surface area contributed by atoms with Crippen LogP contribution in [0.4, 0.5) is 0 Å². The van der Waals surface area contributed by atoms with Gasteiger partial charge < -0.3 is 15.1 Å². The minimum atomic E-state index is 0.347. The second-order valence-corrected chi connectivity index (χ2v) is 4.75. The van der Waals surface area contributed by atoms with Crippen LogP contribution in [-0.2, 0) is 4.79 Å². The number of hydrogen-bond donors (Lipinski definition) is 1. The maximum Gasteiger partial charge on any atom is 0.224 e. The number of likely N-dealkylation sites (tertiary alicyclic amines) is 1. The second kappa shape index (κ2) is 5.64. The fourth-order valence-corrected chi connectivity index (χ4v) is 2.72. The van der Waals surface area contributed by atoms with Gasteiger partial charge in [0.1, 0.15) is 0 Å². The lowest BCUT2D eigenvalue weighted by molar-refractivity contribution is -0.133. The van der Waals surface area contributed by atoms with Crippen molar-refractivity contribution in [2.75, 3.05) is 39.3 Å². The molecule has 0 bridgehead atoms. The van der Waals surface area contributed by atoms with Crippen molar-refractivity contribution in [3.63, 3.8) is 0 Å². The molecule has 2 heterocycles. The van der Waals surface area contributed by atoms with Gasteiger partial charge in [-0.25, -0.2) is 0 Å². The summed E-state index contributed by atoms with van der Waals surface area (Å²) in [7, 11) is 0. The molecule has 0 aliphatic carbocycles. The van der Waals surface area contributed by atoms with E-state index < -0.39 is 0 Å². The number of carbonyl (C=O) groups is 1. The number of amides is 1. The Bertz CT molecular complexity index is 236. The molecule has 0 aromatic rings. The van der Waals surface area contributed by atoms with E-state index in [-0.39, 0.29) is 0 Å². The minimum absolute atomic E-state index is 0.347. The molecule has 2 aliphatic rings. The van der Waals surface area contributed by atoms with Crippen LogP contribution in [0, 0.1) is 0 Å². The van der Waals surface area contributed by atoms with Gasteiger partial charge in [0, 0.05) is 45.2 Å². The van der Waals surface area contributed by atoms with E-state index >= 15 is 0 Å². The third kappa shape index (κ3) is 2.74. The normalized spacial score (nSPS) is 25.8. The largest absolute Gasteiger partial charge is 0.338 e. The summed E-state index contributed by atoms with van der Waals surface area (Å²) in [5, 5.41) is 3.29. The van der Waals surface area contributed by atoms with Gasteiger partial charge in [0.05, 0.1) is 0 Å². The highest BCUT2D eigenvalue weighted by Gasteiger charge is 2.27. The standard InChI is InChI=1S/C12H23N3O/c1-2-14-8-4-11(5-9-14)15-10-7-13-6-3-12(15)16/h11,13H,2-10H2,1H3. The van der Waals surface area contributed by atoms with Crippen molar-refractivity contribution >= 4 is 5.91 Å². The highest BCUT2D eigenvalue weighted by Crippen LogP contribution is 2.17. The maximum absolute atomic E-state index is 11.9. The van der Waals surface area contributed by atoms with E-state index in [4.69, 9.17) is 0 Å². The molecular formula is C12H23N3O. The van der Waals surface area contributed by atoms with E-state index in [2.05, 4.69) is 22.0 Å². The molecular weight excluding hydrogens is 202 g/mol. The van der Waals surface area contributed by atoms with Gasteiger partial charge in [0.25, 0.3) is 0 Å². The Balaban J connectivity index is 1.89. The van der Waals surface area contributed by atoms with Crippen molar-refractivity contribution < 1.29 is 4.79 Å². The summed E-state index contributed by atoms with van der Waals surface area (Å²) in [5.41, 5.74) is 0. The number of nitrogens with zero attached hydrogens (tertiary/aromatic N) is 2. The lowest BCUT2D eigenvalue weighted by Crippen LogP contribution is -2.47.